The fourth-order valence-corrected chi connectivity index (χ4v) is 4.31. The van der Waals surface area contributed by atoms with Gasteiger partial charge in [0.05, 0.1) is 11.7 Å². The molecule has 0 amide bonds. The zero-order valence-corrected chi connectivity index (χ0v) is 13.6. The van der Waals surface area contributed by atoms with Gasteiger partial charge in [-0.1, -0.05) is 32.6 Å². The van der Waals surface area contributed by atoms with Gasteiger partial charge in [-0.3, -0.25) is 4.68 Å². The summed E-state index contributed by atoms with van der Waals surface area (Å²) in [5.74, 6) is 0.905. The Morgan fingerprint density at radius 2 is 1.90 bits per heavy atom. The average molecular weight is 289 g/mol. The van der Waals surface area contributed by atoms with Gasteiger partial charge in [0.1, 0.15) is 0 Å². The van der Waals surface area contributed by atoms with E-state index in [1.54, 1.807) is 0 Å². The maximum absolute atomic E-state index is 4.84. The first-order chi connectivity index (χ1) is 10.4. The third kappa shape index (κ3) is 3.88. The monoisotopic (exact) mass is 289 g/mol. The summed E-state index contributed by atoms with van der Waals surface area (Å²) < 4.78 is 2.24. The van der Waals surface area contributed by atoms with Crippen molar-refractivity contribution in [1.82, 2.24) is 15.1 Å². The van der Waals surface area contributed by atoms with E-state index in [4.69, 9.17) is 5.10 Å². The van der Waals surface area contributed by atoms with Gasteiger partial charge in [-0.2, -0.15) is 5.10 Å². The van der Waals surface area contributed by atoms with Crippen molar-refractivity contribution in [3.05, 3.63) is 18.0 Å². The fraction of sp³-hybridized carbons (Fsp3) is 0.833. The van der Waals surface area contributed by atoms with Crippen molar-refractivity contribution < 1.29 is 0 Å². The zero-order valence-electron chi connectivity index (χ0n) is 13.6. The third-order valence-corrected chi connectivity index (χ3v) is 5.51. The van der Waals surface area contributed by atoms with Crippen LogP contribution in [0.25, 0.3) is 0 Å². The minimum atomic E-state index is 0.679. The molecule has 1 heterocycles. The highest BCUT2D eigenvalue weighted by Gasteiger charge is 2.24. The van der Waals surface area contributed by atoms with Gasteiger partial charge < -0.3 is 5.32 Å². The lowest BCUT2D eigenvalue weighted by Gasteiger charge is -2.24. The standard InChI is InChI=1S/C18H31N3/c1-2-19-18(15-7-3-4-8-15)12-11-16-13-14-21(20-16)17-9-5-6-10-17/h13-15,17-19H,2-12H2,1H3. The predicted molar refractivity (Wildman–Crippen MR) is 87.5 cm³/mol. The molecule has 0 aliphatic heterocycles. The summed E-state index contributed by atoms with van der Waals surface area (Å²) in [7, 11) is 0. The first-order valence-corrected chi connectivity index (χ1v) is 9.14. The summed E-state index contributed by atoms with van der Waals surface area (Å²) in [5.41, 5.74) is 1.29. The van der Waals surface area contributed by atoms with Gasteiger partial charge in [-0.15, -0.1) is 0 Å². The molecule has 1 unspecified atom stereocenters. The Morgan fingerprint density at radius 3 is 2.62 bits per heavy atom. The summed E-state index contributed by atoms with van der Waals surface area (Å²) in [6.45, 7) is 3.33. The van der Waals surface area contributed by atoms with Crippen LogP contribution in [0.5, 0.6) is 0 Å². The molecule has 0 bridgehead atoms. The SMILES string of the molecule is CCNC(CCc1ccn(C2CCCC2)n1)C1CCCC1. The maximum Gasteiger partial charge on any atom is 0.0625 e. The highest BCUT2D eigenvalue weighted by molar-refractivity contribution is 5.01. The molecular weight excluding hydrogens is 258 g/mol. The molecule has 21 heavy (non-hydrogen) atoms. The second kappa shape index (κ2) is 7.44. The van der Waals surface area contributed by atoms with Crippen molar-refractivity contribution in [2.75, 3.05) is 6.54 Å². The first-order valence-electron chi connectivity index (χ1n) is 9.14. The van der Waals surface area contributed by atoms with Crippen molar-refractivity contribution in [1.29, 1.82) is 0 Å². The molecule has 0 spiro atoms. The average Bonchev–Trinajstić information content (AvgIpc) is 3.25. The summed E-state index contributed by atoms with van der Waals surface area (Å²) in [4.78, 5) is 0. The topological polar surface area (TPSA) is 29.9 Å². The highest BCUT2D eigenvalue weighted by atomic mass is 15.3. The fourth-order valence-electron chi connectivity index (χ4n) is 4.31. The Balaban J connectivity index is 1.52. The normalized spacial score (nSPS) is 22.1. The minimum Gasteiger partial charge on any atom is -0.314 e. The maximum atomic E-state index is 4.84. The molecule has 3 rings (SSSR count). The predicted octanol–water partition coefficient (Wildman–Crippen LogP) is 4.10. The number of hydrogen-bond acceptors (Lipinski definition) is 2. The molecule has 1 aromatic rings. The van der Waals surface area contributed by atoms with E-state index in [9.17, 15) is 0 Å². The van der Waals surface area contributed by atoms with Gasteiger partial charge >= 0.3 is 0 Å². The molecule has 0 saturated heterocycles. The van der Waals surface area contributed by atoms with Crippen molar-refractivity contribution in [3.63, 3.8) is 0 Å². The number of rotatable bonds is 7. The van der Waals surface area contributed by atoms with Gasteiger partial charge in [-0.05, 0) is 57.1 Å². The molecule has 2 aliphatic rings. The van der Waals surface area contributed by atoms with Gasteiger partial charge in [0.15, 0.2) is 0 Å². The van der Waals surface area contributed by atoms with Crippen LogP contribution in [0.2, 0.25) is 0 Å². The molecule has 2 aliphatic carbocycles. The van der Waals surface area contributed by atoms with E-state index in [0.717, 1.165) is 18.9 Å². The van der Waals surface area contributed by atoms with E-state index in [2.05, 4.69) is 29.2 Å². The second-order valence-corrected chi connectivity index (χ2v) is 6.97. The van der Waals surface area contributed by atoms with Crippen LogP contribution in [0.3, 0.4) is 0 Å². The molecule has 2 fully saturated rings. The second-order valence-electron chi connectivity index (χ2n) is 6.97. The number of aryl methyl sites for hydroxylation is 1. The third-order valence-electron chi connectivity index (χ3n) is 5.51. The van der Waals surface area contributed by atoms with Gasteiger partial charge in [0.2, 0.25) is 0 Å². The van der Waals surface area contributed by atoms with Crippen LogP contribution in [-0.2, 0) is 6.42 Å². The molecule has 3 heteroatoms. The summed E-state index contributed by atoms with van der Waals surface area (Å²) >= 11 is 0. The van der Waals surface area contributed by atoms with Crippen LogP contribution < -0.4 is 5.32 Å². The quantitative estimate of drug-likeness (QED) is 0.819. The molecule has 0 aromatic carbocycles. The van der Waals surface area contributed by atoms with Crippen LogP contribution in [0.1, 0.15) is 76.4 Å². The van der Waals surface area contributed by atoms with E-state index in [1.165, 1.54) is 63.5 Å². The number of nitrogens with one attached hydrogen (secondary N) is 1. The van der Waals surface area contributed by atoms with Gasteiger partial charge in [0.25, 0.3) is 0 Å². The Labute approximate surface area is 129 Å². The lowest BCUT2D eigenvalue weighted by molar-refractivity contribution is 0.344. The molecule has 3 nitrogen and oxygen atoms in total. The lowest BCUT2D eigenvalue weighted by Crippen LogP contribution is -2.35. The van der Waals surface area contributed by atoms with E-state index < -0.39 is 0 Å². The molecule has 118 valence electrons. The Morgan fingerprint density at radius 1 is 1.19 bits per heavy atom. The lowest BCUT2D eigenvalue weighted by atomic mass is 9.93. The van der Waals surface area contributed by atoms with Crippen molar-refractivity contribution >= 4 is 0 Å². The largest absolute Gasteiger partial charge is 0.314 e. The van der Waals surface area contributed by atoms with E-state index in [0.29, 0.717) is 12.1 Å². The molecule has 1 atom stereocenters. The van der Waals surface area contributed by atoms with Crippen LogP contribution in [-0.4, -0.2) is 22.4 Å². The summed E-state index contributed by atoms with van der Waals surface area (Å²) in [6, 6.07) is 3.63. The molecular formula is C18H31N3. The van der Waals surface area contributed by atoms with Crippen LogP contribution in [0, 0.1) is 5.92 Å². The first kappa shape index (κ1) is 15.1. The number of hydrogen-bond donors (Lipinski definition) is 1. The highest BCUT2D eigenvalue weighted by Crippen LogP contribution is 2.30. The van der Waals surface area contributed by atoms with Crippen molar-refractivity contribution in [2.45, 2.75) is 83.2 Å². The summed E-state index contributed by atoms with van der Waals surface area (Å²) in [6.07, 6.45) is 15.7. The molecule has 1 N–H and O–H groups in total. The number of nitrogens with zero attached hydrogens (tertiary/aromatic N) is 2. The van der Waals surface area contributed by atoms with E-state index >= 15 is 0 Å². The zero-order chi connectivity index (χ0) is 14.5. The van der Waals surface area contributed by atoms with Crippen molar-refractivity contribution in [3.8, 4) is 0 Å². The van der Waals surface area contributed by atoms with E-state index in [1.807, 2.05) is 0 Å². The smallest absolute Gasteiger partial charge is 0.0625 e. The Bertz CT molecular complexity index is 414. The van der Waals surface area contributed by atoms with E-state index in [-0.39, 0.29) is 0 Å². The number of aromatic nitrogens is 2. The van der Waals surface area contributed by atoms with Crippen LogP contribution in [0.15, 0.2) is 12.3 Å². The van der Waals surface area contributed by atoms with Gasteiger partial charge in [-0.25, -0.2) is 0 Å². The molecule has 0 radical (unpaired) electrons. The van der Waals surface area contributed by atoms with Crippen LogP contribution >= 0.6 is 0 Å². The van der Waals surface area contributed by atoms with Crippen molar-refractivity contribution in [2.24, 2.45) is 5.92 Å². The molecule has 1 aromatic heterocycles. The Hall–Kier alpha value is -0.830. The van der Waals surface area contributed by atoms with Crippen LogP contribution in [0.4, 0.5) is 0 Å². The minimum absolute atomic E-state index is 0.679. The summed E-state index contributed by atoms with van der Waals surface area (Å²) in [5, 5.41) is 8.56. The molecule has 2 saturated carbocycles. The Kier molecular flexibility index (Phi) is 5.34. The van der Waals surface area contributed by atoms with Gasteiger partial charge in [0, 0.05) is 12.2 Å².